The number of sulfonamides is 1. The maximum absolute atomic E-state index is 12.4. The fourth-order valence-corrected chi connectivity index (χ4v) is 5.33. The zero-order chi connectivity index (χ0) is 15.6. The number of nitrogens with one attached hydrogen (secondary N) is 2. The average Bonchev–Trinajstić information content (AvgIpc) is 2.61. The lowest BCUT2D eigenvalue weighted by molar-refractivity contribution is 0.269. The van der Waals surface area contributed by atoms with Crippen molar-refractivity contribution < 1.29 is 8.42 Å². The van der Waals surface area contributed by atoms with Gasteiger partial charge in [0.05, 0.1) is 0 Å². The molecule has 6 heteroatoms. The highest BCUT2D eigenvalue weighted by molar-refractivity contribution is 7.91. The predicted octanol–water partition coefficient (Wildman–Crippen LogP) is 2.96. The van der Waals surface area contributed by atoms with Crippen molar-refractivity contribution in [2.24, 2.45) is 5.41 Å². The van der Waals surface area contributed by atoms with Crippen LogP contribution in [-0.4, -0.2) is 21.0 Å². The topological polar surface area (TPSA) is 58.2 Å². The van der Waals surface area contributed by atoms with Crippen LogP contribution < -0.4 is 10.0 Å². The molecule has 20 heavy (non-hydrogen) atoms. The Kier molecular flexibility index (Phi) is 5.40. The molecule has 0 aromatic carbocycles. The fourth-order valence-electron chi connectivity index (χ4n) is 2.55. The van der Waals surface area contributed by atoms with Crippen molar-refractivity contribution in [3.8, 4) is 0 Å². The van der Waals surface area contributed by atoms with Gasteiger partial charge in [0.2, 0.25) is 0 Å². The second-order valence-electron chi connectivity index (χ2n) is 6.98. The molecule has 0 fully saturated rings. The predicted molar refractivity (Wildman–Crippen MR) is 85.6 cm³/mol. The monoisotopic (exact) mass is 318 g/mol. The molecule has 0 radical (unpaired) electrons. The zero-order valence-electron chi connectivity index (χ0n) is 13.2. The Morgan fingerprint density at radius 3 is 2.25 bits per heavy atom. The van der Waals surface area contributed by atoms with Crippen LogP contribution in [0.2, 0.25) is 0 Å². The highest BCUT2D eigenvalue weighted by Crippen LogP contribution is 2.29. The summed E-state index contributed by atoms with van der Waals surface area (Å²) in [7, 11) is -1.60. The summed E-state index contributed by atoms with van der Waals surface area (Å²) in [6.45, 7) is 10.9. The van der Waals surface area contributed by atoms with Crippen LogP contribution in [-0.2, 0) is 16.6 Å². The molecule has 1 heterocycles. The highest BCUT2D eigenvalue weighted by atomic mass is 32.2. The van der Waals surface area contributed by atoms with Gasteiger partial charge in [0, 0.05) is 17.0 Å². The highest BCUT2D eigenvalue weighted by Gasteiger charge is 2.31. The molecule has 1 rings (SSSR count). The molecule has 0 saturated carbocycles. The molecule has 1 aromatic rings. The summed E-state index contributed by atoms with van der Waals surface area (Å²) in [4.78, 5) is 1.02. The molecular formula is C14H26N2O2S2. The Hall–Kier alpha value is -0.430. The summed E-state index contributed by atoms with van der Waals surface area (Å²) >= 11 is 1.31. The molecule has 0 atom stereocenters. The van der Waals surface area contributed by atoms with E-state index in [1.807, 2.05) is 27.0 Å². The first-order chi connectivity index (χ1) is 8.95. The second-order valence-corrected chi connectivity index (χ2v) is 10.1. The van der Waals surface area contributed by atoms with Crippen molar-refractivity contribution in [2.45, 2.75) is 57.3 Å². The van der Waals surface area contributed by atoms with Gasteiger partial charge < -0.3 is 5.32 Å². The van der Waals surface area contributed by atoms with Gasteiger partial charge in [-0.15, -0.1) is 11.3 Å². The molecule has 0 aliphatic carbocycles. The first kappa shape index (κ1) is 17.6. The first-order valence-corrected chi connectivity index (χ1v) is 9.02. The Balaban J connectivity index is 2.88. The van der Waals surface area contributed by atoms with Gasteiger partial charge in [0.1, 0.15) is 4.21 Å². The summed E-state index contributed by atoms with van der Waals surface area (Å²) in [5.74, 6) is 0. The summed E-state index contributed by atoms with van der Waals surface area (Å²) in [5, 5.41) is 3.02. The molecule has 0 aliphatic rings. The van der Waals surface area contributed by atoms with Gasteiger partial charge in [-0.2, -0.15) is 0 Å². The van der Waals surface area contributed by atoms with Crippen LogP contribution in [0, 0.1) is 5.41 Å². The normalized spacial score (nSPS) is 13.7. The maximum atomic E-state index is 12.4. The van der Waals surface area contributed by atoms with E-state index in [9.17, 15) is 8.42 Å². The second kappa shape index (κ2) is 6.13. The Morgan fingerprint density at radius 1 is 1.15 bits per heavy atom. The molecule has 0 saturated heterocycles. The lowest BCUT2D eigenvalue weighted by Crippen LogP contribution is -2.45. The Morgan fingerprint density at radius 2 is 1.75 bits per heavy atom. The van der Waals surface area contributed by atoms with Crippen LogP contribution >= 0.6 is 11.3 Å². The first-order valence-electron chi connectivity index (χ1n) is 6.72. The minimum absolute atomic E-state index is 0.0682. The quantitative estimate of drug-likeness (QED) is 0.848. The van der Waals surface area contributed by atoms with Gasteiger partial charge >= 0.3 is 0 Å². The molecule has 116 valence electrons. The van der Waals surface area contributed by atoms with Crippen LogP contribution in [0.4, 0.5) is 0 Å². The van der Waals surface area contributed by atoms with Crippen molar-refractivity contribution in [1.29, 1.82) is 0 Å². The maximum Gasteiger partial charge on any atom is 0.250 e. The van der Waals surface area contributed by atoms with Crippen molar-refractivity contribution >= 4 is 21.4 Å². The van der Waals surface area contributed by atoms with Gasteiger partial charge in [-0.1, -0.05) is 20.8 Å². The average molecular weight is 319 g/mol. The summed E-state index contributed by atoms with van der Waals surface area (Å²) in [6, 6.07) is 3.53. The Bertz CT molecular complexity index is 540. The van der Waals surface area contributed by atoms with Crippen LogP contribution in [0.15, 0.2) is 16.3 Å². The number of hydrogen-bond donors (Lipinski definition) is 2. The molecule has 0 bridgehead atoms. The van der Waals surface area contributed by atoms with E-state index in [1.165, 1.54) is 11.3 Å². The standard InChI is InChI=1S/C14H26N2O2S2/c1-13(2,3)10-14(4,5)16-20(17,18)12-8-7-11(19-12)9-15-6/h7-8,15-16H,9-10H2,1-6H3. The van der Waals surface area contributed by atoms with Gasteiger partial charge in [0.25, 0.3) is 10.0 Å². The van der Waals surface area contributed by atoms with E-state index in [4.69, 9.17) is 0 Å². The summed E-state index contributed by atoms with van der Waals surface area (Å²) in [5.41, 5.74) is -0.400. The van der Waals surface area contributed by atoms with E-state index in [2.05, 4.69) is 30.8 Å². The van der Waals surface area contributed by atoms with E-state index < -0.39 is 15.6 Å². The lowest BCUT2D eigenvalue weighted by Gasteiger charge is -2.32. The SMILES string of the molecule is CNCc1ccc(S(=O)(=O)NC(C)(C)CC(C)(C)C)s1. The molecule has 2 N–H and O–H groups in total. The van der Waals surface area contributed by atoms with E-state index in [0.717, 1.165) is 11.3 Å². The number of thiophene rings is 1. The van der Waals surface area contributed by atoms with Crippen molar-refractivity contribution in [3.63, 3.8) is 0 Å². The van der Waals surface area contributed by atoms with Crippen molar-refractivity contribution in [2.75, 3.05) is 7.05 Å². The van der Waals surface area contributed by atoms with E-state index in [0.29, 0.717) is 10.8 Å². The smallest absolute Gasteiger partial charge is 0.250 e. The number of hydrogen-bond acceptors (Lipinski definition) is 4. The largest absolute Gasteiger partial charge is 0.315 e. The molecule has 1 aromatic heterocycles. The van der Waals surface area contributed by atoms with Gasteiger partial charge in [-0.25, -0.2) is 13.1 Å². The zero-order valence-corrected chi connectivity index (χ0v) is 14.8. The molecule has 0 amide bonds. The molecule has 4 nitrogen and oxygen atoms in total. The van der Waals surface area contributed by atoms with Crippen molar-refractivity contribution in [1.82, 2.24) is 10.0 Å². The van der Waals surface area contributed by atoms with E-state index >= 15 is 0 Å². The molecule has 0 unspecified atom stereocenters. The van der Waals surface area contributed by atoms with Gasteiger partial charge in [-0.3, -0.25) is 0 Å². The van der Waals surface area contributed by atoms with E-state index in [-0.39, 0.29) is 5.41 Å². The Labute approximate surface area is 127 Å². The van der Waals surface area contributed by atoms with Gasteiger partial charge in [-0.05, 0) is 44.9 Å². The summed E-state index contributed by atoms with van der Waals surface area (Å²) < 4.78 is 28.1. The summed E-state index contributed by atoms with van der Waals surface area (Å²) in [6.07, 6.45) is 0.772. The lowest BCUT2D eigenvalue weighted by atomic mass is 9.82. The third-order valence-electron chi connectivity index (χ3n) is 2.64. The van der Waals surface area contributed by atoms with Crippen LogP contribution in [0.5, 0.6) is 0 Å². The van der Waals surface area contributed by atoms with E-state index in [1.54, 1.807) is 6.07 Å². The minimum Gasteiger partial charge on any atom is -0.315 e. The third kappa shape index (κ3) is 5.52. The van der Waals surface area contributed by atoms with Crippen LogP contribution in [0.3, 0.4) is 0 Å². The molecule has 0 spiro atoms. The van der Waals surface area contributed by atoms with Crippen LogP contribution in [0.25, 0.3) is 0 Å². The molecular weight excluding hydrogens is 292 g/mol. The minimum atomic E-state index is -3.45. The van der Waals surface area contributed by atoms with Crippen LogP contribution in [0.1, 0.15) is 45.9 Å². The third-order valence-corrected chi connectivity index (χ3v) is 5.91. The number of rotatable bonds is 6. The molecule has 0 aliphatic heterocycles. The van der Waals surface area contributed by atoms with Crippen molar-refractivity contribution in [3.05, 3.63) is 17.0 Å². The fraction of sp³-hybridized carbons (Fsp3) is 0.714. The van der Waals surface area contributed by atoms with Gasteiger partial charge in [0.15, 0.2) is 0 Å².